The van der Waals surface area contributed by atoms with E-state index in [1.165, 1.54) is 25.7 Å². The highest BCUT2D eigenvalue weighted by Crippen LogP contribution is 2.48. The molecule has 2 bridgehead atoms. The van der Waals surface area contributed by atoms with E-state index in [1.807, 2.05) is 12.1 Å². The van der Waals surface area contributed by atoms with Crippen molar-refractivity contribution in [3.63, 3.8) is 0 Å². The number of hydrogen-bond donors (Lipinski definition) is 1. The Morgan fingerprint density at radius 3 is 2.67 bits per heavy atom. The normalized spacial score (nSPS) is 29.8. The van der Waals surface area contributed by atoms with E-state index in [-0.39, 0.29) is 0 Å². The van der Waals surface area contributed by atoms with Crippen LogP contribution < -0.4 is 5.32 Å². The predicted molar refractivity (Wildman–Crippen MR) is 81.6 cm³/mol. The fourth-order valence-electron chi connectivity index (χ4n) is 3.53. The van der Waals surface area contributed by atoms with Crippen molar-refractivity contribution in [1.82, 2.24) is 0 Å². The molecule has 1 aromatic rings. The number of fused-ring (bicyclic) bond motifs is 2. The highest BCUT2D eigenvalue weighted by molar-refractivity contribution is 9.10. The van der Waals surface area contributed by atoms with E-state index < -0.39 is 0 Å². The third-order valence-electron chi connectivity index (χ3n) is 4.47. The number of hydrogen-bond acceptors (Lipinski definition) is 1. The van der Waals surface area contributed by atoms with Crippen LogP contribution in [-0.4, -0.2) is 6.54 Å². The van der Waals surface area contributed by atoms with Crippen LogP contribution in [0.2, 0.25) is 10.0 Å². The van der Waals surface area contributed by atoms with E-state index in [4.69, 9.17) is 23.2 Å². The maximum absolute atomic E-state index is 6.24. The Labute approximate surface area is 126 Å². The minimum atomic E-state index is 0.592. The molecular weight excluding hydrogens is 333 g/mol. The first kappa shape index (κ1) is 13.1. The molecule has 0 aliphatic heterocycles. The largest absolute Gasteiger partial charge is 0.384 e. The van der Waals surface area contributed by atoms with Gasteiger partial charge in [0, 0.05) is 11.0 Å². The average molecular weight is 349 g/mol. The molecular formula is C14H16BrCl2N. The maximum Gasteiger partial charge on any atom is 0.0835 e. The molecule has 0 aromatic heterocycles. The van der Waals surface area contributed by atoms with Crippen LogP contribution in [0.4, 0.5) is 5.69 Å². The smallest absolute Gasteiger partial charge is 0.0835 e. The van der Waals surface area contributed by atoms with Crippen LogP contribution in [0.1, 0.15) is 25.7 Å². The summed E-state index contributed by atoms with van der Waals surface area (Å²) in [5.74, 6) is 2.75. The van der Waals surface area contributed by atoms with E-state index in [0.717, 1.165) is 34.5 Å². The zero-order valence-electron chi connectivity index (χ0n) is 10.1. The summed E-state index contributed by atoms with van der Waals surface area (Å²) >= 11 is 15.7. The van der Waals surface area contributed by atoms with Crippen molar-refractivity contribution in [2.75, 3.05) is 11.9 Å². The van der Waals surface area contributed by atoms with Gasteiger partial charge in [-0.05, 0) is 65.1 Å². The Hall–Kier alpha value is 0.0800. The van der Waals surface area contributed by atoms with Crippen molar-refractivity contribution in [1.29, 1.82) is 0 Å². The van der Waals surface area contributed by atoms with E-state index >= 15 is 0 Å². The van der Waals surface area contributed by atoms with Crippen LogP contribution >= 0.6 is 39.1 Å². The number of halogens is 3. The zero-order valence-corrected chi connectivity index (χ0v) is 13.2. The highest BCUT2D eigenvalue weighted by Gasteiger charge is 2.39. The minimum absolute atomic E-state index is 0.592. The van der Waals surface area contributed by atoms with Crippen molar-refractivity contribution in [2.45, 2.75) is 25.7 Å². The Morgan fingerprint density at radius 2 is 2.00 bits per heavy atom. The van der Waals surface area contributed by atoms with Crippen LogP contribution in [0.15, 0.2) is 16.6 Å². The van der Waals surface area contributed by atoms with Gasteiger partial charge < -0.3 is 5.32 Å². The maximum atomic E-state index is 6.24. The molecule has 0 spiro atoms. The summed E-state index contributed by atoms with van der Waals surface area (Å²) in [5, 5.41) is 4.68. The molecule has 3 rings (SSSR count). The molecule has 0 heterocycles. The van der Waals surface area contributed by atoms with Crippen molar-refractivity contribution in [3.05, 3.63) is 26.7 Å². The molecule has 3 unspecified atom stereocenters. The number of nitrogens with one attached hydrogen (secondary N) is 1. The molecule has 98 valence electrons. The monoisotopic (exact) mass is 347 g/mol. The molecule has 3 atom stereocenters. The summed E-state index contributed by atoms with van der Waals surface area (Å²) in [6, 6.07) is 3.93. The lowest BCUT2D eigenvalue weighted by Gasteiger charge is -2.22. The summed E-state index contributed by atoms with van der Waals surface area (Å²) in [5.41, 5.74) is 0.952. The number of benzene rings is 1. The Balaban J connectivity index is 1.65. The molecule has 4 heteroatoms. The summed E-state index contributed by atoms with van der Waals surface area (Å²) in [6.45, 7) is 1.03. The highest BCUT2D eigenvalue weighted by atomic mass is 79.9. The summed E-state index contributed by atoms with van der Waals surface area (Å²) < 4.78 is 0.847. The zero-order chi connectivity index (χ0) is 12.7. The van der Waals surface area contributed by atoms with Gasteiger partial charge >= 0.3 is 0 Å². The molecule has 1 N–H and O–H groups in total. The number of rotatable bonds is 3. The first-order chi connectivity index (χ1) is 8.65. The third kappa shape index (κ3) is 2.39. The molecule has 1 nitrogen and oxygen atoms in total. The van der Waals surface area contributed by atoms with E-state index in [1.54, 1.807) is 0 Å². The molecule has 0 amide bonds. The molecule has 18 heavy (non-hydrogen) atoms. The Kier molecular flexibility index (Phi) is 3.80. The summed E-state index contributed by atoms with van der Waals surface area (Å²) in [7, 11) is 0. The average Bonchev–Trinajstić information content (AvgIpc) is 2.97. The van der Waals surface area contributed by atoms with Gasteiger partial charge in [0.2, 0.25) is 0 Å². The van der Waals surface area contributed by atoms with Gasteiger partial charge in [0.15, 0.2) is 0 Å². The lowest BCUT2D eigenvalue weighted by molar-refractivity contribution is 0.348. The van der Waals surface area contributed by atoms with E-state index in [2.05, 4.69) is 21.2 Å². The Bertz CT molecular complexity index is 463. The van der Waals surface area contributed by atoms with Crippen molar-refractivity contribution in [2.24, 2.45) is 17.8 Å². The molecule has 2 fully saturated rings. The second kappa shape index (κ2) is 5.22. The SMILES string of the molecule is Clc1c(Br)ccc(NCC2CC3CCC2C3)c1Cl. The fourth-order valence-corrected chi connectivity index (χ4v) is 4.37. The van der Waals surface area contributed by atoms with Gasteiger partial charge in [0.25, 0.3) is 0 Å². The summed E-state index contributed by atoms with van der Waals surface area (Å²) in [4.78, 5) is 0. The van der Waals surface area contributed by atoms with Gasteiger partial charge in [-0.3, -0.25) is 0 Å². The molecule has 0 saturated heterocycles. The van der Waals surface area contributed by atoms with Gasteiger partial charge in [-0.1, -0.05) is 29.6 Å². The fraction of sp³-hybridized carbons (Fsp3) is 0.571. The molecule has 2 aliphatic carbocycles. The van der Waals surface area contributed by atoms with Crippen molar-refractivity contribution in [3.8, 4) is 0 Å². The van der Waals surface area contributed by atoms with Gasteiger partial charge in [-0.25, -0.2) is 0 Å². The standard InChI is InChI=1S/C14H16BrCl2N/c15-11-3-4-12(14(17)13(11)16)18-7-10-6-8-1-2-9(10)5-8/h3-4,8-10,18H,1-2,5-7H2. The van der Waals surface area contributed by atoms with Crippen molar-refractivity contribution < 1.29 is 0 Å². The van der Waals surface area contributed by atoms with Crippen LogP contribution in [0.25, 0.3) is 0 Å². The quantitative estimate of drug-likeness (QED) is 0.700. The molecule has 0 radical (unpaired) electrons. The van der Waals surface area contributed by atoms with E-state index in [9.17, 15) is 0 Å². The van der Waals surface area contributed by atoms with Gasteiger partial charge in [0.05, 0.1) is 15.7 Å². The van der Waals surface area contributed by atoms with Gasteiger partial charge in [0.1, 0.15) is 0 Å². The molecule has 2 saturated carbocycles. The van der Waals surface area contributed by atoms with Gasteiger partial charge in [-0.15, -0.1) is 0 Å². The predicted octanol–water partition coefficient (Wildman–Crippen LogP) is 5.60. The van der Waals surface area contributed by atoms with Crippen LogP contribution in [0, 0.1) is 17.8 Å². The minimum Gasteiger partial charge on any atom is -0.384 e. The van der Waals surface area contributed by atoms with Crippen LogP contribution in [-0.2, 0) is 0 Å². The first-order valence-electron chi connectivity index (χ1n) is 6.52. The molecule has 1 aromatic carbocycles. The first-order valence-corrected chi connectivity index (χ1v) is 8.07. The lowest BCUT2D eigenvalue weighted by Crippen LogP contribution is -2.20. The second-order valence-electron chi connectivity index (χ2n) is 5.54. The van der Waals surface area contributed by atoms with Crippen LogP contribution in [0.5, 0.6) is 0 Å². The topological polar surface area (TPSA) is 12.0 Å². The Morgan fingerprint density at radius 1 is 1.17 bits per heavy atom. The second-order valence-corrected chi connectivity index (χ2v) is 7.15. The van der Waals surface area contributed by atoms with Crippen LogP contribution in [0.3, 0.4) is 0 Å². The lowest BCUT2D eigenvalue weighted by atomic mass is 9.89. The summed E-state index contributed by atoms with van der Waals surface area (Å²) in [6.07, 6.45) is 5.71. The van der Waals surface area contributed by atoms with Crippen molar-refractivity contribution >= 4 is 44.8 Å². The third-order valence-corrected chi connectivity index (χ3v) is 6.25. The van der Waals surface area contributed by atoms with E-state index in [0.29, 0.717) is 10.0 Å². The van der Waals surface area contributed by atoms with Gasteiger partial charge in [-0.2, -0.15) is 0 Å². The number of anilines is 1. The molecule has 2 aliphatic rings.